The second-order valence-corrected chi connectivity index (χ2v) is 9.64. The lowest BCUT2D eigenvalue weighted by Crippen LogP contribution is -2.37. The van der Waals surface area contributed by atoms with E-state index in [1.807, 2.05) is 60.7 Å². The number of aromatic nitrogens is 2. The van der Waals surface area contributed by atoms with Crippen molar-refractivity contribution in [3.05, 3.63) is 78.0 Å². The number of carbonyl (C=O) groups excluding carboxylic acids is 1. The molecular weight excluding hydrogens is 386 g/mol. The van der Waals surface area contributed by atoms with Gasteiger partial charge in [-0.05, 0) is 12.0 Å². The first-order valence-electron chi connectivity index (χ1n) is 9.57. The maximum atomic E-state index is 13.3. The fourth-order valence-corrected chi connectivity index (χ4v) is 5.45. The summed E-state index contributed by atoms with van der Waals surface area (Å²) in [4.78, 5) is 14.8. The topological polar surface area (TPSA) is 72.3 Å². The summed E-state index contributed by atoms with van der Waals surface area (Å²) in [6, 6.07) is 19.2. The Bertz CT molecular complexity index is 1110. The molecule has 1 fully saturated rings. The second-order valence-electron chi connectivity index (χ2n) is 7.41. The van der Waals surface area contributed by atoms with Gasteiger partial charge >= 0.3 is 0 Å². The number of hydrogen-bond acceptors (Lipinski definition) is 4. The van der Waals surface area contributed by atoms with Gasteiger partial charge in [0.05, 0.1) is 23.6 Å². The molecule has 4 rings (SSSR count). The maximum Gasteiger partial charge on any atom is 0.257 e. The van der Waals surface area contributed by atoms with E-state index >= 15 is 0 Å². The first-order chi connectivity index (χ1) is 13.9. The van der Waals surface area contributed by atoms with E-state index in [-0.39, 0.29) is 23.5 Å². The Morgan fingerprint density at radius 3 is 2.38 bits per heavy atom. The van der Waals surface area contributed by atoms with Crippen LogP contribution in [0.3, 0.4) is 0 Å². The lowest BCUT2D eigenvalue weighted by atomic mass is 10.1. The van der Waals surface area contributed by atoms with E-state index in [1.165, 1.54) is 0 Å². The molecule has 1 aliphatic heterocycles. The van der Waals surface area contributed by atoms with E-state index in [9.17, 15) is 13.2 Å². The number of nitrogens with zero attached hydrogens (tertiary/aromatic N) is 3. The molecule has 1 aliphatic rings. The highest BCUT2D eigenvalue weighted by Gasteiger charge is 2.34. The zero-order chi connectivity index (χ0) is 20.4. The van der Waals surface area contributed by atoms with E-state index in [4.69, 9.17) is 0 Å². The molecule has 0 N–H and O–H groups in total. The van der Waals surface area contributed by atoms with E-state index < -0.39 is 9.84 Å². The highest BCUT2D eigenvalue weighted by atomic mass is 32.2. The van der Waals surface area contributed by atoms with Crippen molar-refractivity contribution in [2.24, 2.45) is 0 Å². The van der Waals surface area contributed by atoms with Gasteiger partial charge in [-0.1, -0.05) is 60.7 Å². The molecule has 1 amide bonds. The monoisotopic (exact) mass is 409 g/mol. The van der Waals surface area contributed by atoms with Crippen LogP contribution in [0.4, 0.5) is 0 Å². The lowest BCUT2D eigenvalue weighted by Gasteiger charge is -2.23. The summed E-state index contributed by atoms with van der Waals surface area (Å²) >= 11 is 0. The molecule has 150 valence electrons. The van der Waals surface area contributed by atoms with Crippen molar-refractivity contribution in [2.45, 2.75) is 19.0 Å². The molecule has 1 atom stereocenters. The number of rotatable bonds is 5. The number of amides is 1. The van der Waals surface area contributed by atoms with Crippen LogP contribution in [0.15, 0.2) is 66.9 Å². The Morgan fingerprint density at radius 2 is 1.76 bits per heavy atom. The summed E-state index contributed by atoms with van der Waals surface area (Å²) in [7, 11) is -1.39. The largest absolute Gasteiger partial charge is 0.338 e. The molecular formula is C22H23N3O3S. The van der Waals surface area contributed by atoms with Gasteiger partial charge in [0.15, 0.2) is 9.84 Å². The van der Waals surface area contributed by atoms with Crippen molar-refractivity contribution >= 4 is 15.7 Å². The number of hydrogen-bond donors (Lipinski definition) is 0. The Hall–Kier alpha value is -2.93. The van der Waals surface area contributed by atoms with Crippen LogP contribution >= 0.6 is 0 Å². The zero-order valence-corrected chi connectivity index (χ0v) is 17.0. The minimum atomic E-state index is -3.07. The van der Waals surface area contributed by atoms with Crippen molar-refractivity contribution in [1.29, 1.82) is 0 Å². The molecule has 0 radical (unpaired) electrons. The SMILES string of the molecule is CN(C(=O)c1cn(Cc2ccccc2)nc1-c1ccccc1)C1CCS(=O)(=O)C1. The molecule has 0 aliphatic carbocycles. The van der Waals surface area contributed by atoms with E-state index in [2.05, 4.69) is 5.10 Å². The van der Waals surface area contributed by atoms with Crippen LogP contribution in [0.5, 0.6) is 0 Å². The Kier molecular flexibility index (Phi) is 5.24. The van der Waals surface area contributed by atoms with Crippen molar-refractivity contribution in [3.63, 3.8) is 0 Å². The predicted molar refractivity (Wildman–Crippen MR) is 112 cm³/mol. The standard InChI is InChI=1S/C22H23N3O3S/c1-24(19-12-13-29(27,28)16-19)22(26)20-15-25(14-17-8-4-2-5-9-17)23-21(20)18-10-6-3-7-11-18/h2-11,15,19H,12-14,16H2,1H3. The number of sulfone groups is 1. The van der Waals surface area contributed by atoms with Crippen LogP contribution in [0.25, 0.3) is 11.3 Å². The molecule has 7 heteroatoms. The van der Waals surface area contributed by atoms with Crippen molar-refractivity contribution < 1.29 is 13.2 Å². The average molecular weight is 410 g/mol. The maximum absolute atomic E-state index is 13.3. The summed E-state index contributed by atoms with van der Waals surface area (Å²) in [6.45, 7) is 0.551. The van der Waals surface area contributed by atoms with Crippen LogP contribution in [0.1, 0.15) is 22.3 Å². The Morgan fingerprint density at radius 1 is 1.10 bits per heavy atom. The first kappa shape index (κ1) is 19.4. The third-order valence-electron chi connectivity index (χ3n) is 5.30. The summed E-state index contributed by atoms with van der Waals surface area (Å²) in [5, 5.41) is 4.69. The lowest BCUT2D eigenvalue weighted by molar-refractivity contribution is 0.0748. The van der Waals surface area contributed by atoms with E-state index in [0.29, 0.717) is 24.2 Å². The molecule has 29 heavy (non-hydrogen) atoms. The van der Waals surface area contributed by atoms with Gasteiger partial charge in [0.2, 0.25) is 0 Å². The van der Waals surface area contributed by atoms with Gasteiger partial charge in [-0.15, -0.1) is 0 Å². The van der Waals surface area contributed by atoms with Crippen LogP contribution in [-0.2, 0) is 16.4 Å². The van der Waals surface area contributed by atoms with Gasteiger partial charge in [0, 0.05) is 24.8 Å². The summed E-state index contributed by atoms with van der Waals surface area (Å²) in [6.07, 6.45) is 2.24. The molecule has 2 heterocycles. The van der Waals surface area contributed by atoms with Crippen molar-refractivity contribution in [1.82, 2.24) is 14.7 Å². The van der Waals surface area contributed by atoms with Crippen LogP contribution in [0.2, 0.25) is 0 Å². The summed E-state index contributed by atoms with van der Waals surface area (Å²) in [5.41, 5.74) is 3.04. The quantitative estimate of drug-likeness (QED) is 0.650. The van der Waals surface area contributed by atoms with Crippen LogP contribution in [-0.4, -0.2) is 53.6 Å². The smallest absolute Gasteiger partial charge is 0.257 e. The molecule has 1 unspecified atom stereocenters. The molecule has 3 aromatic rings. The van der Waals surface area contributed by atoms with Gasteiger partial charge in [-0.2, -0.15) is 5.10 Å². The summed E-state index contributed by atoms with van der Waals surface area (Å²) < 4.78 is 25.5. The predicted octanol–water partition coefficient (Wildman–Crippen LogP) is 2.86. The molecule has 0 spiro atoms. The molecule has 6 nitrogen and oxygen atoms in total. The van der Waals surface area contributed by atoms with Gasteiger partial charge in [0.25, 0.3) is 5.91 Å². The second kappa shape index (κ2) is 7.83. The highest BCUT2D eigenvalue weighted by Crippen LogP contribution is 2.26. The van der Waals surface area contributed by atoms with Gasteiger partial charge in [-0.3, -0.25) is 9.48 Å². The fraction of sp³-hybridized carbons (Fsp3) is 0.273. The Balaban J connectivity index is 1.68. The van der Waals surface area contributed by atoms with Crippen LogP contribution < -0.4 is 0 Å². The number of benzene rings is 2. The zero-order valence-electron chi connectivity index (χ0n) is 16.2. The average Bonchev–Trinajstić information content (AvgIpc) is 3.31. The molecule has 0 saturated carbocycles. The normalized spacial score (nSPS) is 17.9. The Labute approximate surface area is 170 Å². The first-order valence-corrected chi connectivity index (χ1v) is 11.4. The molecule has 0 bridgehead atoms. The molecule has 1 aromatic heterocycles. The van der Waals surface area contributed by atoms with Crippen molar-refractivity contribution in [3.8, 4) is 11.3 Å². The summed E-state index contributed by atoms with van der Waals surface area (Å²) in [5.74, 6) is -0.0485. The minimum absolute atomic E-state index is 0.0219. The van der Waals surface area contributed by atoms with Crippen molar-refractivity contribution in [2.75, 3.05) is 18.6 Å². The number of carbonyl (C=O) groups is 1. The molecule has 1 saturated heterocycles. The van der Waals surface area contributed by atoms with Gasteiger partial charge in [-0.25, -0.2) is 8.42 Å². The highest BCUT2D eigenvalue weighted by molar-refractivity contribution is 7.91. The van der Waals surface area contributed by atoms with E-state index in [1.54, 1.807) is 22.8 Å². The molecule has 2 aromatic carbocycles. The fourth-order valence-electron chi connectivity index (χ4n) is 3.68. The van der Waals surface area contributed by atoms with Crippen LogP contribution in [0, 0.1) is 0 Å². The van der Waals surface area contributed by atoms with Gasteiger partial charge < -0.3 is 4.90 Å². The third kappa shape index (κ3) is 4.24. The van der Waals surface area contributed by atoms with Gasteiger partial charge in [0.1, 0.15) is 5.69 Å². The minimum Gasteiger partial charge on any atom is -0.338 e. The van der Waals surface area contributed by atoms with E-state index in [0.717, 1.165) is 11.1 Å². The third-order valence-corrected chi connectivity index (χ3v) is 7.05.